The van der Waals surface area contributed by atoms with Gasteiger partial charge in [-0.1, -0.05) is 17.4 Å². The van der Waals surface area contributed by atoms with Gasteiger partial charge >= 0.3 is 6.18 Å². The lowest BCUT2D eigenvalue weighted by molar-refractivity contribution is -0.139. The number of halogens is 4. The molecule has 0 amide bonds. The predicted octanol–water partition coefficient (Wildman–Crippen LogP) is 5.67. The standard InChI is InChI=1S/C17H12F4N2OS2/c1-9-6-11(3-5-14(9)24)25-8-15-22-23-16(26-15)10-2-4-12(13(18)7-10)17(19,20)21/h2-7,24H,8H2,1H3. The van der Waals surface area contributed by atoms with Crippen molar-refractivity contribution in [3.05, 3.63) is 58.3 Å². The van der Waals surface area contributed by atoms with E-state index in [1.165, 1.54) is 29.2 Å². The van der Waals surface area contributed by atoms with Gasteiger partial charge in [0.25, 0.3) is 0 Å². The van der Waals surface area contributed by atoms with E-state index in [0.29, 0.717) is 21.8 Å². The molecule has 1 N–H and O–H groups in total. The molecule has 0 aliphatic rings. The minimum absolute atomic E-state index is 0.219. The van der Waals surface area contributed by atoms with E-state index in [-0.39, 0.29) is 11.3 Å². The Kier molecular flexibility index (Phi) is 5.19. The lowest BCUT2D eigenvalue weighted by atomic mass is 10.1. The fourth-order valence-corrected chi connectivity index (χ4v) is 3.99. The highest BCUT2D eigenvalue weighted by molar-refractivity contribution is 7.98. The molecule has 26 heavy (non-hydrogen) atoms. The van der Waals surface area contributed by atoms with Crippen LogP contribution in [0.5, 0.6) is 5.75 Å². The smallest absolute Gasteiger partial charge is 0.419 e. The summed E-state index contributed by atoms with van der Waals surface area (Å²) in [6, 6.07) is 7.94. The summed E-state index contributed by atoms with van der Waals surface area (Å²) in [6.07, 6.45) is -4.73. The molecule has 1 aromatic heterocycles. The molecule has 0 radical (unpaired) electrons. The van der Waals surface area contributed by atoms with Crippen molar-refractivity contribution in [1.82, 2.24) is 10.2 Å². The Labute approximate surface area is 154 Å². The molecule has 0 saturated carbocycles. The Balaban J connectivity index is 1.73. The van der Waals surface area contributed by atoms with Gasteiger partial charge in [0, 0.05) is 10.5 Å². The SMILES string of the molecule is Cc1cc(SCc2nnc(-c3ccc(C(F)(F)F)c(F)c3)s2)ccc1O. The van der Waals surface area contributed by atoms with Gasteiger partial charge in [-0.2, -0.15) is 13.2 Å². The Hall–Kier alpha value is -2.13. The van der Waals surface area contributed by atoms with Crippen LogP contribution in [0.2, 0.25) is 0 Å². The third kappa shape index (κ3) is 4.16. The number of rotatable bonds is 4. The Bertz CT molecular complexity index is 941. The van der Waals surface area contributed by atoms with Crippen molar-refractivity contribution >= 4 is 23.1 Å². The Morgan fingerprint density at radius 2 is 1.88 bits per heavy atom. The maximum atomic E-state index is 13.7. The molecule has 3 rings (SSSR count). The molecule has 0 saturated heterocycles. The van der Waals surface area contributed by atoms with Gasteiger partial charge in [-0.3, -0.25) is 0 Å². The van der Waals surface area contributed by atoms with Crippen LogP contribution < -0.4 is 0 Å². The van der Waals surface area contributed by atoms with Crippen molar-refractivity contribution in [3.63, 3.8) is 0 Å². The first-order valence-corrected chi connectivity index (χ1v) is 9.16. The molecule has 3 aromatic rings. The van der Waals surface area contributed by atoms with Gasteiger partial charge in [-0.25, -0.2) is 4.39 Å². The first-order chi connectivity index (χ1) is 12.2. The number of hydrogen-bond donors (Lipinski definition) is 1. The number of nitrogens with zero attached hydrogens (tertiary/aromatic N) is 2. The second-order valence-electron chi connectivity index (χ2n) is 5.43. The normalized spacial score (nSPS) is 11.7. The average molecular weight is 400 g/mol. The topological polar surface area (TPSA) is 46.0 Å². The summed E-state index contributed by atoms with van der Waals surface area (Å²) >= 11 is 2.68. The van der Waals surface area contributed by atoms with Gasteiger partial charge in [-0.15, -0.1) is 22.0 Å². The molecule has 0 spiro atoms. The van der Waals surface area contributed by atoms with Crippen molar-refractivity contribution in [1.29, 1.82) is 0 Å². The van der Waals surface area contributed by atoms with E-state index in [1.807, 2.05) is 6.07 Å². The second kappa shape index (κ2) is 7.24. The summed E-state index contributed by atoms with van der Waals surface area (Å²) < 4.78 is 51.5. The van der Waals surface area contributed by atoms with Crippen LogP contribution in [0.3, 0.4) is 0 Å². The third-order valence-electron chi connectivity index (χ3n) is 3.52. The highest BCUT2D eigenvalue weighted by Gasteiger charge is 2.34. The van der Waals surface area contributed by atoms with Crippen LogP contribution >= 0.6 is 23.1 Å². The molecule has 0 unspecified atom stereocenters. The van der Waals surface area contributed by atoms with Gasteiger partial charge in [0.05, 0.1) is 11.3 Å². The van der Waals surface area contributed by atoms with E-state index in [2.05, 4.69) is 10.2 Å². The Morgan fingerprint density at radius 3 is 2.54 bits per heavy atom. The molecule has 0 aliphatic heterocycles. The molecular formula is C17H12F4N2OS2. The first kappa shape index (κ1) is 18.7. The van der Waals surface area contributed by atoms with E-state index < -0.39 is 17.6 Å². The second-order valence-corrected chi connectivity index (χ2v) is 7.54. The molecule has 0 atom stereocenters. The van der Waals surface area contributed by atoms with Gasteiger partial charge in [0.15, 0.2) is 0 Å². The molecular weight excluding hydrogens is 388 g/mol. The zero-order chi connectivity index (χ0) is 18.9. The zero-order valence-electron chi connectivity index (χ0n) is 13.3. The van der Waals surface area contributed by atoms with Gasteiger partial charge in [0.2, 0.25) is 0 Å². The van der Waals surface area contributed by atoms with Crippen LogP contribution in [0.4, 0.5) is 17.6 Å². The van der Waals surface area contributed by atoms with Crippen LogP contribution in [-0.2, 0) is 11.9 Å². The Morgan fingerprint density at radius 1 is 1.12 bits per heavy atom. The fourth-order valence-electron chi connectivity index (χ4n) is 2.17. The van der Waals surface area contributed by atoms with E-state index in [1.54, 1.807) is 19.1 Å². The highest BCUT2D eigenvalue weighted by Crippen LogP contribution is 2.35. The fraction of sp³-hybridized carbons (Fsp3) is 0.176. The minimum atomic E-state index is -4.73. The number of aromatic hydroxyl groups is 1. The van der Waals surface area contributed by atoms with E-state index >= 15 is 0 Å². The van der Waals surface area contributed by atoms with Crippen LogP contribution in [0.1, 0.15) is 16.1 Å². The summed E-state index contributed by atoms with van der Waals surface area (Å²) in [5.41, 5.74) is -0.290. The molecule has 3 nitrogen and oxygen atoms in total. The van der Waals surface area contributed by atoms with Crippen LogP contribution in [0.25, 0.3) is 10.6 Å². The largest absolute Gasteiger partial charge is 0.508 e. The summed E-state index contributed by atoms with van der Waals surface area (Å²) in [5.74, 6) is -0.608. The monoisotopic (exact) mass is 400 g/mol. The number of thioether (sulfide) groups is 1. The van der Waals surface area contributed by atoms with E-state index in [4.69, 9.17) is 0 Å². The van der Waals surface area contributed by atoms with Crippen molar-refractivity contribution in [2.24, 2.45) is 0 Å². The van der Waals surface area contributed by atoms with Crippen molar-refractivity contribution < 1.29 is 22.7 Å². The van der Waals surface area contributed by atoms with Gasteiger partial charge in [-0.05, 0) is 42.8 Å². The maximum absolute atomic E-state index is 13.7. The average Bonchev–Trinajstić information content (AvgIpc) is 3.04. The van der Waals surface area contributed by atoms with Crippen LogP contribution in [0.15, 0.2) is 41.3 Å². The lowest BCUT2D eigenvalue weighted by Crippen LogP contribution is -2.07. The quantitative estimate of drug-likeness (QED) is 0.453. The van der Waals surface area contributed by atoms with Crippen molar-refractivity contribution in [3.8, 4) is 16.3 Å². The van der Waals surface area contributed by atoms with Crippen molar-refractivity contribution in [2.75, 3.05) is 0 Å². The molecule has 9 heteroatoms. The third-order valence-corrected chi connectivity index (χ3v) is 5.68. The number of phenolic OH excluding ortho intramolecular Hbond substituents is 1. The summed E-state index contributed by atoms with van der Waals surface area (Å²) in [7, 11) is 0. The minimum Gasteiger partial charge on any atom is -0.508 e. The lowest BCUT2D eigenvalue weighted by Gasteiger charge is -2.08. The number of aryl methyl sites for hydroxylation is 1. The number of benzene rings is 2. The molecule has 136 valence electrons. The summed E-state index contributed by atoms with van der Waals surface area (Å²) in [6.45, 7) is 1.79. The van der Waals surface area contributed by atoms with Crippen LogP contribution in [-0.4, -0.2) is 15.3 Å². The number of alkyl halides is 3. The zero-order valence-corrected chi connectivity index (χ0v) is 15.0. The maximum Gasteiger partial charge on any atom is 0.419 e. The van der Waals surface area contributed by atoms with Crippen molar-refractivity contribution in [2.45, 2.75) is 23.7 Å². The molecule has 0 aliphatic carbocycles. The summed E-state index contributed by atoms with van der Waals surface area (Å²) in [5, 5.41) is 18.5. The summed E-state index contributed by atoms with van der Waals surface area (Å²) in [4.78, 5) is 0.942. The molecule has 2 aromatic carbocycles. The van der Waals surface area contributed by atoms with Gasteiger partial charge in [0.1, 0.15) is 21.6 Å². The molecule has 0 bridgehead atoms. The number of aromatic nitrogens is 2. The van der Waals surface area contributed by atoms with Crippen LogP contribution in [0, 0.1) is 12.7 Å². The molecule has 0 fully saturated rings. The first-order valence-electron chi connectivity index (χ1n) is 7.36. The predicted molar refractivity (Wildman–Crippen MR) is 92.7 cm³/mol. The number of hydrogen-bond acceptors (Lipinski definition) is 5. The highest BCUT2D eigenvalue weighted by atomic mass is 32.2. The van der Waals surface area contributed by atoms with Gasteiger partial charge < -0.3 is 5.11 Å². The van der Waals surface area contributed by atoms with E-state index in [0.717, 1.165) is 16.5 Å². The van der Waals surface area contributed by atoms with E-state index in [9.17, 15) is 22.7 Å². The molecule has 1 heterocycles. The number of phenols is 1.